The highest BCUT2D eigenvalue weighted by Gasteiger charge is 2.03. The molecule has 0 saturated heterocycles. The average molecular weight is 423 g/mol. The van der Waals surface area contributed by atoms with E-state index in [4.69, 9.17) is 0 Å². The van der Waals surface area contributed by atoms with Crippen LogP contribution in [0.4, 0.5) is 0 Å². The molecule has 0 N–H and O–H groups in total. The lowest BCUT2D eigenvalue weighted by Gasteiger charge is -2.07. The lowest BCUT2D eigenvalue weighted by atomic mass is 9.99. The van der Waals surface area contributed by atoms with Gasteiger partial charge >= 0.3 is 0 Å². The summed E-state index contributed by atoms with van der Waals surface area (Å²) in [5.41, 5.74) is 3.82. The quantitative estimate of drug-likeness (QED) is 0.238. The highest BCUT2D eigenvalue weighted by atomic mass is 14.9. The number of aryl methyl sites for hydroxylation is 2. The molecule has 2 rings (SSSR count). The standard InChI is InChI=1S/C29H46N2/c1-4-6-7-10-15-18-27-23-30-29(31-24-27)28-21-19-26(20-22-28)17-14-12-9-8-11-13-16-25(3)5-2/h19-25H,4-18H2,1-3H3. The maximum Gasteiger partial charge on any atom is 0.159 e. The lowest BCUT2D eigenvalue weighted by Crippen LogP contribution is -1.94. The highest BCUT2D eigenvalue weighted by molar-refractivity contribution is 5.55. The van der Waals surface area contributed by atoms with Gasteiger partial charge in [-0.3, -0.25) is 0 Å². The van der Waals surface area contributed by atoms with Crippen molar-refractivity contribution in [3.05, 3.63) is 47.8 Å². The predicted molar refractivity (Wildman–Crippen MR) is 135 cm³/mol. The molecule has 0 fully saturated rings. The van der Waals surface area contributed by atoms with E-state index in [1.165, 1.54) is 101 Å². The number of hydrogen-bond acceptors (Lipinski definition) is 2. The highest BCUT2D eigenvalue weighted by Crippen LogP contribution is 2.18. The second kappa shape index (κ2) is 16.0. The van der Waals surface area contributed by atoms with E-state index in [-0.39, 0.29) is 0 Å². The third-order valence-electron chi connectivity index (χ3n) is 6.60. The minimum absolute atomic E-state index is 0.846. The van der Waals surface area contributed by atoms with Crippen molar-refractivity contribution in [3.63, 3.8) is 0 Å². The molecule has 0 aliphatic carbocycles. The molecule has 31 heavy (non-hydrogen) atoms. The Kier molecular flexibility index (Phi) is 13.2. The van der Waals surface area contributed by atoms with Crippen LogP contribution in [0.25, 0.3) is 11.4 Å². The van der Waals surface area contributed by atoms with Gasteiger partial charge in [0.05, 0.1) is 0 Å². The van der Waals surface area contributed by atoms with Crippen molar-refractivity contribution >= 4 is 0 Å². The number of aromatic nitrogens is 2. The molecule has 0 aliphatic heterocycles. The molecule has 1 aromatic carbocycles. The van der Waals surface area contributed by atoms with Gasteiger partial charge in [-0.25, -0.2) is 9.97 Å². The van der Waals surface area contributed by atoms with Crippen molar-refractivity contribution in [2.24, 2.45) is 5.92 Å². The third kappa shape index (κ3) is 10.9. The van der Waals surface area contributed by atoms with Crippen LogP contribution < -0.4 is 0 Å². The van der Waals surface area contributed by atoms with Crippen molar-refractivity contribution < 1.29 is 0 Å². The van der Waals surface area contributed by atoms with E-state index in [2.05, 4.69) is 55.0 Å². The predicted octanol–water partition coefficient (Wildman–Crippen LogP) is 8.98. The summed E-state index contributed by atoms with van der Waals surface area (Å²) in [7, 11) is 0. The Morgan fingerprint density at radius 1 is 0.645 bits per heavy atom. The Labute approximate surface area is 192 Å². The Balaban J connectivity index is 1.62. The zero-order valence-electron chi connectivity index (χ0n) is 20.5. The summed E-state index contributed by atoms with van der Waals surface area (Å²) in [5.74, 6) is 1.75. The molecular weight excluding hydrogens is 376 g/mol. The van der Waals surface area contributed by atoms with E-state index in [1.54, 1.807) is 0 Å². The van der Waals surface area contributed by atoms with Gasteiger partial charge in [0.2, 0.25) is 0 Å². The average Bonchev–Trinajstić information content (AvgIpc) is 2.81. The fourth-order valence-corrected chi connectivity index (χ4v) is 4.12. The van der Waals surface area contributed by atoms with Gasteiger partial charge in [-0.2, -0.15) is 0 Å². The molecular formula is C29H46N2. The summed E-state index contributed by atoms with van der Waals surface area (Å²) in [6, 6.07) is 8.88. The maximum absolute atomic E-state index is 4.61. The van der Waals surface area contributed by atoms with E-state index in [0.29, 0.717) is 0 Å². The van der Waals surface area contributed by atoms with E-state index in [1.807, 2.05) is 12.4 Å². The molecule has 0 radical (unpaired) electrons. The summed E-state index contributed by atoms with van der Waals surface area (Å²) < 4.78 is 0. The molecule has 0 saturated carbocycles. The molecule has 1 unspecified atom stereocenters. The van der Waals surface area contributed by atoms with Crippen LogP contribution in [-0.4, -0.2) is 9.97 Å². The van der Waals surface area contributed by atoms with Crippen molar-refractivity contribution in [1.82, 2.24) is 9.97 Å². The van der Waals surface area contributed by atoms with Gasteiger partial charge in [-0.05, 0) is 42.7 Å². The SMILES string of the molecule is CCCCCCCc1cnc(-c2ccc(CCCCCCCCC(C)CC)cc2)nc1. The van der Waals surface area contributed by atoms with Gasteiger partial charge < -0.3 is 0 Å². The smallest absolute Gasteiger partial charge is 0.159 e. The Morgan fingerprint density at radius 2 is 1.19 bits per heavy atom. The maximum atomic E-state index is 4.61. The van der Waals surface area contributed by atoms with Crippen LogP contribution in [0.5, 0.6) is 0 Å². The first-order valence-corrected chi connectivity index (χ1v) is 13.1. The van der Waals surface area contributed by atoms with Crippen LogP contribution in [0, 0.1) is 5.92 Å². The van der Waals surface area contributed by atoms with Gasteiger partial charge in [0.25, 0.3) is 0 Å². The van der Waals surface area contributed by atoms with Gasteiger partial charge in [0.1, 0.15) is 0 Å². The molecule has 0 aliphatic rings. The van der Waals surface area contributed by atoms with Crippen molar-refractivity contribution in [3.8, 4) is 11.4 Å². The normalized spacial score (nSPS) is 12.2. The summed E-state index contributed by atoms with van der Waals surface area (Å²) in [4.78, 5) is 9.22. The molecule has 0 amide bonds. The van der Waals surface area contributed by atoms with Crippen LogP contribution >= 0.6 is 0 Å². The second-order valence-electron chi connectivity index (χ2n) is 9.45. The first-order valence-electron chi connectivity index (χ1n) is 13.1. The topological polar surface area (TPSA) is 25.8 Å². The molecule has 1 aromatic heterocycles. The van der Waals surface area contributed by atoms with Crippen LogP contribution in [0.15, 0.2) is 36.7 Å². The Morgan fingerprint density at radius 3 is 1.81 bits per heavy atom. The number of nitrogens with zero attached hydrogens (tertiary/aromatic N) is 2. The molecule has 172 valence electrons. The number of unbranched alkanes of at least 4 members (excludes halogenated alkanes) is 9. The van der Waals surface area contributed by atoms with Gasteiger partial charge in [0.15, 0.2) is 5.82 Å². The molecule has 1 heterocycles. The van der Waals surface area contributed by atoms with E-state index in [0.717, 1.165) is 23.7 Å². The largest absolute Gasteiger partial charge is 0.236 e. The minimum Gasteiger partial charge on any atom is -0.236 e. The van der Waals surface area contributed by atoms with E-state index >= 15 is 0 Å². The van der Waals surface area contributed by atoms with Gasteiger partial charge in [0, 0.05) is 18.0 Å². The molecule has 2 nitrogen and oxygen atoms in total. The number of benzene rings is 1. The van der Waals surface area contributed by atoms with Crippen molar-refractivity contribution in [2.45, 2.75) is 117 Å². The van der Waals surface area contributed by atoms with Crippen LogP contribution in [-0.2, 0) is 12.8 Å². The molecule has 2 aromatic rings. The summed E-state index contributed by atoms with van der Waals surface area (Å²) >= 11 is 0. The third-order valence-corrected chi connectivity index (χ3v) is 6.60. The zero-order chi connectivity index (χ0) is 22.2. The zero-order valence-corrected chi connectivity index (χ0v) is 20.5. The van der Waals surface area contributed by atoms with Crippen LogP contribution in [0.2, 0.25) is 0 Å². The Bertz CT molecular complexity index is 675. The lowest BCUT2D eigenvalue weighted by molar-refractivity contribution is 0.471. The van der Waals surface area contributed by atoms with Crippen LogP contribution in [0.1, 0.15) is 115 Å². The Hall–Kier alpha value is -1.70. The summed E-state index contributed by atoms with van der Waals surface area (Å²) in [6.45, 7) is 6.94. The van der Waals surface area contributed by atoms with Crippen molar-refractivity contribution in [1.29, 1.82) is 0 Å². The molecule has 0 spiro atoms. The molecule has 1 atom stereocenters. The minimum atomic E-state index is 0.846. The second-order valence-corrected chi connectivity index (χ2v) is 9.45. The number of hydrogen-bond donors (Lipinski definition) is 0. The first-order chi connectivity index (χ1) is 15.2. The van der Waals surface area contributed by atoms with E-state index in [9.17, 15) is 0 Å². The summed E-state index contributed by atoms with van der Waals surface area (Å²) in [6.07, 6.45) is 23.9. The van der Waals surface area contributed by atoms with Crippen LogP contribution in [0.3, 0.4) is 0 Å². The van der Waals surface area contributed by atoms with Crippen molar-refractivity contribution in [2.75, 3.05) is 0 Å². The number of rotatable bonds is 17. The fourth-order valence-electron chi connectivity index (χ4n) is 4.12. The molecule has 2 heteroatoms. The summed E-state index contributed by atoms with van der Waals surface area (Å²) in [5, 5.41) is 0. The van der Waals surface area contributed by atoms with Gasteiger partial charge in [-0.15, -0.1) is 0 Å². The monoisotopic (exact) mass is 422 g/mol. The fraction of sp³-hybridized carbons (Fsp3) is 0.655. The van der Waals surface area contributed by atoms with Gasteiger partial charge in [-0.1, -0.05) is 116 Å². The first kappa shape index (κ1) is 25.6. The molecule has 0 bridgehead atoms. The van der Waals surface area contributed by atoms with E-state index < -0.39 is 0 Å².